The van der Waals surface area contributed by atoms with Crippen molar-refractivity contribution in [1.29, 1.82) is 0 Å². The molecule has 0 aromatic carbocycles. The first-order valence-corrected chi connectivity index (χ1v) is 7.18. The lowest BCUT2D eigenvalue weighted by Gasteiger charge is -2.18. The quantitative estimate of drug-likeness (QED) is 0.720. The molecule has 2 rings (SSSR count). The maximum atomic E-state index is 11.9. The minimum Gasteiger partial charge on any atom is -0.388 e. The molecule has 0 saturated carbocycles. The van der Waals surface area contributed by atoms with E-state index in [4.69, 9.17) is 4.74 Å². The smallest absolute Gasteiger partial charge is 0.330 e. The molecule has 5 atom stereocenters. The van der Waals surface area contributed by atoms with Gasteiger partial charge in [-0.1, -0.05) is 20.3 Å². The molecule has 1 saturated heterocycles. The highest BCUT2D eigenvalue weighted by Gasteiger charge is 2.44. The lowest BCUT2D eigenvalue weighted by atomic mass is 9.97. The van der Waals surface area contributed by atoms with Crippen molar-refractivity contribution in [3.8, 4) is 0 Å². The maximum Gasteiger partial charge on any atom is 0.330 e. The number of aryl methyl sites for hydroxylation is 1. The summed E-state index contributed by atoms with van der Waals surface area (Å²) in [6, 6.07) is 0. The molecule has 1 aliphatic rings. The molecule has 0 bridgehead atoms. The fourth-order valence-electron chi connectivity index (χ4n) is 2.49. The normalized spacial score (nSPS) is 30.5. The molecule has 1 aromatic heterocycles. The second-order valence-corrected chi connectivity index (χ2v) is 5.77. The van der Waals surface area contributed by atoms with Gasteiger partial charge in [0, 0.05) is 11.8 Å². The molecule has 118 valence electrons. The van der Waals surface area contributed by atoms with Crippen LogP contribution in [-0.2, 0) is 4.74 Å². The summed E-state index contributed by atoms with van der Waals surface area (Å²) >= 11 is 0. The molecule has 3 N–H and O–H groups in total. The number of aromatic nitrogens is 2. The van der Waals surface area contributed by atoms with Crippen LogP contribution in [0.1, 0.15) is 38.5 Å². The van der Waals surface area contributed by atoms with Crippen molar-refractivity contribution in [1.82, 2.24) is 9.55 Å². The van der Waals surface area contributed by atoms with Crippen LogP contribution in [0, 0.1) is 12.8 Å². The van der Waals surface area contributed by atoms with Gasteiger partial charge in [0.25, 0.3) is 5.56 Å². The number of nitrogens with one attached hydrogen (secondary N) is 1. The fraction of sp³-hybridized carbons (Fsp3) is 0.714. The number of aliphatic hydroxyl groups excluding tert-OH is 2. The topological polar surface area (TPSA) is 105 Å². The lowest BCUT2D eigenvalue weighted by Crippen LogP contribution is -2.38. The van der Waals surface area contributed by atoms with Gasteiger partial charge in [0.2, 0.25) is 0 Å². The number of nitrogens with zero attached hydrogens (tertiary/aromatic N) is 1. The van der Waals surface area contributed by atoms with Crippen molar-refractivity contribution in [2.75, 3.05) is 0 Å². The zero-order valence-corrected chi connectivity index (χ0v) is 12.4. The van der Waals surface area contributed by atoms with Crippen LogP contribution in [0.4, 0.5) is 0 Å². The second kappa shape index (κ2) is 6.13. The van der Waals surface area contributed by atoms with E-state index in [1.54, 1.807) is 6.92 Å². The number of rotatable bonds is 4. The minimum atomic E-state index is -1.21. The van der Waals surface area contributed by atoms with E-state index in [-0.39, 0.29) is 0 Å². The number of hydrogen-bond acceptors (Lipinski definition) is 5. The predicted octanol–water partition coefficient (Wildman–Crippen LogP) is -0.0996. The molecular formula is C14H22N2O5. The summed E-state index contributed by atoms with van der Waals surface area (Å²) in [4.78, 5) is 25.4. The first-order chi connectivity index (χ1) is 9.85. The van der Waals surface area contributed by atoms with Crippen molar-refractivity contribution >= 4 is 0 Å². The van der Waals surface area contributed by atoms with Crippen LogP contribution in [-0.4, -0.2) is 38.1 Å². The third-order valence-electron chi connectivity index (χ3n) is 4.09. The molecular weight excluding hydrogens is 276 g/mol. The fourth-order valence-corrected chi connectivity index (χ4v) is 2.49. The Labute approximate surface area is 122 Å². The molecule has 0 amide bonds. The Balaban J connectivity index is 2.27. The maximum absolute atomic E-state index is 11.9. The number of aliphatic hydroxyl groups is 2. The molecule has 0 aliphatic carbocycles. The van der Waals surface area contributed by atoms with Gasteiger partial charge in [0.1, 0.15) is 12.2 Å². The van der Waals surface area contributed by atoms with E-state index >= 15 is 0 Å². The number of H-pyrrole nitrogens is 1. The second-order valence-electron chi connectivity index (χ2n) is 5.77. The number of aromatic amines is 1. The predicted molar refractivity (Wildman–Crippen MR) is 76.1 cm³/mol. The summed E-state index contributed by atoms with van der Waals surface area (Å²) in [5.41, 5.74) is -0.795. The van der Waals surface area contributed by atoms with E-state index in [0.717, 1.165) is 11.0 Å². The summed E-state index contributed by atoms with van der Waals surface area (Å²) in [7, 11) is 0. The van der Waals surface area contributed by atoms with Crippen LogP contribution >= 0.6 is 0 Å². The van der Waals surface area contributed by atoms with E-state index in [1.807, 2.05) is 13.8 Å². The highest BCUT2D eigenvalue weighted by molar-refractivity contribution is 5.03. The van der Waals surface area contributed by atoms with Gasteiger partial charge in [-0.3, -0.25) is 14.3 Å². The summed E-state index contributed by atoms with van der Waals surface area (Å²) in [5, 5.41) is 20.2. The van der Waals surface area contributed by atoms with Gasteiger partial charge in [-0.15, -0.1) is 0 Å². The summed E-state index contributed by atoms with van der Waals surface area (Å²) < 4.78 is 6.79. The molecule has 7 nitrogen and oxygen atoms in total. The standard InChI is InChI=1S/C14H22N2O5/c1-4-7(2)5-9-10(17)11(18)13(21-9)16-6-8(3)12(19)15-14(16)20/h6-7,9-11,13,17-18H,4-5H2,1-3H3,(H,15,19,20)/t7?,9-,10-,11-,13-/m1/s1. The molecule has 2 heterocycles. The molecule has 1 fully saturated rings. The molecule has 7 heteroatoms. The van der Waals surface area contributed by atoms with Crippen LogP contribution in [0.5, 0.6) is 0 Å². The van der Waals surface area contributed by atoms with Crippen molar-refractivity contribution in [2.24, 2.45) is 5.92 Å². The Hall–Kier alpha value is -1.44. The van der Waals surface area contributed by atoms with Crippen LogP contribution in [0.25, 0.3) is 0 Å². The summed E-state index contributed by atoms with van der Waals surface area (Å²) in [6.07, 6.45) is -0.901. The Morgan fingerprint density at radius 2 is 2.05 bits per heavy atom. The van der Waals surface area contributed by atoms with E-state index in [9.17, 15) is 19.8 Å². The monoisotopic (exact) mass is 298 g/mol. The largest absolute Gasteiger partial charge is 0.388 e. The Morgan fingerprint density at radius 3 is 2.67 bits per heavy atom. The first kappa shape index (κ1) is 15.9. The molecule has 1 unspecified atom stereocenters. The van der Waals surface area contributed by atoms with Crippen molar-refractivity contribution < 1.29 is 14.9 Å². The average molecular weight is 298 g/mol. The highest BCUT2D eigenvalue weighted by atomic mass is 16.6. The molecule has 1 aromatic rings. The van der Waals surface area contributed by atoms with Gasteiger partial charge in [-0.2, -0.15) is 0 Å². The Bertz CT molecular complexity index is 608. The first-order valence-electron chi connectivity index (χ1n) is 7.18. The minimum absolute atomic E-state index is 0.338. The third-order valence-corrected chi connectivity index (χ3v) is 4.09. The van der Waals surface area contributed by atoms with Crippen molar-refractivity contribution in [3.63, 3.8) is 0 Å². The lowest BCUT2D eigenvalue weighted by molar-refractivity contribution is -0.0455. The van der Waals surface area contributed by atoms with Gasteiger partial charge in [0.15, 0.2) is 6.23 Å². The molecule has 0 spiro atoms. The van der Waals surface area contributed by atoms with Gasteiger partial charge in [-0.05, 0) is 19.3 Å². The highest BCUT2D eigenvalue weighted by Crippen LogP contribution is 2.32. The van der Waals surface area contributed by atoms with Gasteiger partial charge >= 0.3 is 5.69 Å². The van der Waals surface area contributed by atoms with Gasteiger partial charge < -0.3 is 14.9 Å². The zero-order chi connectivity index (χ0) is 15.7. The van der Waals surface area contributed by atoms with Crippen LogP contribution in [0.15, 0.2) is 15.8 Å². The van der Waals surface area contributed by atoms with E-state index in [1.165, 1.54) is 6.20 Å². The van der Waals surface area contributed by atoms with Gasteiger partial charge in [-0.25, -0.2) is 4.79 Å². The van der Waals surface area contributed by atoms with Crippen LogP contribution in [0.2, 0.25) is 0 Å². The molecule has 1 aliphatic heterocycles. The van der Waals surface area contributed by atoms with Crippen molar-refractivity contribution in [3.05, 3.63) is 32.6 Å². The van der Waals surface area contributed by atoms with Gasteiger partial charge in [0.05, 0.1) is 6.10 Å². The SMILES string of the molecule is CCC(C)C[C@H]1O[C@@H](n2cc(C)c(=O)[nH]c2=O)[C@H](O)[C@@H]1O. The Morgan fingerprint density at radius 1 is 1.38 bits per heavy atom. The molecule has 0 radical (unpaired) electrons. The Kier molecular flexibility index (Phi) is 4.65. The van der Waals surface area contributed by atoms with Crippen LogP contribution < -0.4 is 11.2 Å². The molecule has 21 heavy (non-hydrogen) atoms. The van der Waals surface area contributed by atoms with Crippen LogP contribution in [0.3, 0.4) is 0 Å². The average Bonchev–Trinajstić information content (AvgIpc) is 2.71. The third kappa shape index (κ3) is 3.09. The number of hydrogen-bond donors (Lipinski definition) is 3. The van der Waals surface area contributed by atoms with E-state index in [0.29, 0.717) is 17.9 Å². The van der Waals surface area contributed by atoms with E-state index in [2.05, 4.69) is 4.98 Å². The summed E-state index contributed by atoms with van der Waals surface area (Å²) in [6.45, 7) is 5.63. The number of ether oxygens (including phenoxy) is 1. The van der Waals surface area contributed by atoms with Crippen molar-refractivity contribution in [2.45, 2.75) is 58.2 Å². The van der Waals surface area contributed by atoms with E-state index < -0.39 is 35.8 Å². The summed E-state index contributed by atoms with van der Waals surface area (Å²) in [5.74, 6) is 0.338. The zero-order valence-electron chi connectivity index (χ0n) is 12.4.